The highest BCUT2D eigenvalue weighted by Crippen LogP contribution is 2.35. The minimum atomic E-state index is -3.84. The van der Waals surface area contributed by atoms with Gasteiger partial charge in [-0.2, -0.15) is 4.31 Å². The van der Waals surface area contributed by atoms with Gasteiger partial charge in [-0.1, -0.05) is 12.8 Å². The monoisotopic (exact) mass is 444 g/mol. The van der Waals surface area contributed by atoms with Crippen molar-refractivity contribution in [3.63, 3.8) is 0 Å². The fraction of sp³-hybridized carbons (Fsp3) is 0.286. The van der Waals surface area contributed by atoms with Gasteiger partial charge < -0.3 is 9.15 Å². The van der Waals surface area contributed by atoms with Crippen molar-refractivity contribution >= 4 is 26.7 Å². The summed E-state index contributed by atoms with van der Waals surface area (Å²) < 4.78 is 38.1. The van der Waals surface area contributed by atoms with E-state index in [9.17, 15) is 23.3 Å². The number of hydrogen-bond acceptors (Lipinski definition) is 7. The summed E-state index contributed by atoms with van der Waals surface area (Å²) in [4.78, 5) is 22.2. The minimum Gasteiger partial charge on any atom is -0.450 e. The Kier molecular flexibility index (Phi) is 5.75. The Labute approximate surface area is 178 Å². The van der Waals surface area contributed by atoms with E-state index in [0.717, 1.165) is 31.7 Å². The van der Waals surface area contributed by atoms with Gasteiger partial charge in [0.05, 0.1) is 9.82 Å². The van der Waals surface area contributed by atoms with Crippen LogP contribution < -0.4 is 10.4 Å². The average Bonchev–Trinajstić information content (AvgIpc) is 3.03. The van der Waals surface area contributed by atoms with Crippen molar-refractivity contribution in [3.8, 4) is 11.5 Å². The highest BCUT2D eigenvalue weighted by Gasteiger charge is 2.28. The van der Waals surface area contributed by atoms with E-state index in [4.69, 9.17) is 9.15 Å². The Hall–Kier alpha value is -3.24. The molecule has 162 valence electrons. The van der Waals surface area contributed by atoms with Gasteiger partial charge in [0.1, 0.15) is 11.3 Å². The summed E-state index contributed by atoms with van der Waals surface area (Å²) in [6.07, 6.45) is 3.46. The molecular formula is C21H20N2O7S. The van der Waals surface area contributed by atoms with E-state index in [1.807, 2.05) is 0 Å². The fourth-order valence-electron chi connectivity index (χ4n) is 3.55. The molecule has 9 nitrogen and oxygen atoms in total. The molecule has 31 heavy (non-hydrogen) atoms. The summed E-state index contributed by atoms with van der Waals surface area (Å²) in [7, 11) is -3.84. The molecule has 0 aliphatic carbocycles. The molecule has 1 aliphatic rings. The first-order valence-electron chi connectivity index (χ1n) is 9.85. The van der Waals surface area contributed by atoms with Crippen LogP contribution in [0, 0.1) is 10.1 Å². The molecule has 0 bridgehead atoms. The van der Waals surface area contributed by atoms with Crippen molar-refractivity contribution in [2.24, 2.45) is 0 Å². The van der Waals surface area contributed by atoms with Crippen molar-refractivity contribution in [2.75, 3.05) is 13.1 Å². The van der Waals surface area contributed by atoms with Crippen LogP contribution in [-0.2, 0) is 10.0 Å². The highest BCUT2D eigenvalue weighted by atomic mass is 32.2. The molecule has 10 heteroatoms. The van der Waals surface area contributed by atoms with Gasteiger partial charge in [-0.05, 0) is 43.2 Å². The Morgan fingerprint density at radius 3 is 2.39 bits per heavy atom. The maximum Gasteiger partial charge on any atom is 0.336 e. The first-order valence-corrected chi connectivity index (χ1v) is 11.3. The molecule has 0 spiro atoms. The van der Waals surface area contributed by atoms with Crippen molar-refractivity contribution in [2.45, 2.75) is 30.6 Å². The molecule has 0 N–H and O–H groups in total. The van der Waals surface area contributed by atoms with Crippen molar-refractivity contribution in [3.05, 3.63) is 69.1 Å². The number of nitro benzene ring substituents is 1. The third-order valence-corrected chi connectivity index (χ3v) is 7.05. The van der Waals surface area contributed by atoms with Gasteiger partial charge in [0.2, 0.25) is 15.8 Å². The molecule has 0 saturated carbocycles. The van der Waals surface area contributed by atoms with Crippen LogP contribution in [0.5, 0.6) is 11.5 Å². The second-order valence-electron chi connectivity index (χ2n) is 7.26. The molecule has 1 fully saturated rings. The Morgan fingerprint density at radius 1 is 0.968 bits per heavy atom. The van der Waals surface area contributed by atoms with Crippen LogP contribution in [0.1, 0.15) is 25.7 Å². The number of rotatable bonds is 5. The lowest BCUT2D eigenvalue weighted by atomic mass is 10.2. The third kappa shape index (κ3) is 4.44. The fourth-order valence-corrected chi connectivity index (χ4v) is 5.09. The molecule has 1 saturated heterocycles. The molecule has 1 aromatic heterocycles. The van der Waals surface area contributed by atoms with Crippen molar-refractivity contribution in [1.82, 2.24) is 4.31 Å². The van der Waals surface area contributed by atoms with Gasteiger partial charge in [-0.3, -0.25) is 10.1 Å². The maximum atomic E-state index is 13.0. The standard InChI is InChI=1S/C21H20N2O7S/c24-21-10-6-15-5-7-16(13-20(15)30-21)29-19-9-8-17(14-18(19)23(25)26)31(27,28)22-11-3-1-2-4-12-22/h5-10,13-14H,1-4,11-12H2. The second-order valence-corrected chi connectivity index (χ2v) is 9.20. The van der Waals surface area contributed by atoms with Gasteiger partial charge in [0.15, 0.2) is 0 Å². The van der Waals surface area contributed by atoms with Gasteiger partial charge >= 0.3 is 11.3 Å². The van der Waals surface area contributed by atoms with E-state index in [1.54, 1.807) is 18.2 Å². The lowest BCUT2D eigenvalue weighted by Crippen LogP contribution is -2.31. The van der Waals surface area contributed by atoms with Crippen LogP contribution >= 0.6 is 0 Å². The van der Waals surface area contributed by atoms with Crippen LogP contribution in [0.4, 0.5) is 5.69 Å². The number of nitrogens with zero attached hydrogens (tertiary/aromatic N) is 2. The van der Waals surface area contributed by atoms with E-state index < -0.39 is 26.3 Å². The van der Waals surface area contributed by atoms with Crippen LogP contribution in [0.3, 0.4) is 0 Å². The number of sulfonamides is 1. The van der Waals surface area contributed by atoms with Gasteiger partial charge in [0.25, 0.3) is 0 Å². The average molecular weight is 444 g/mol. The zero-order valence-electron chi connectivity index (χ0n) is 16.5. The molecule has 3 aromatic rings. The molecule has 2 heterocycles. The zero-order chi connectivity index (χ0) is 22.0. The number of ether oxygens (including phenoxy) is 1. The SMILES string of the molecule is O=c1ccc2ccc(Oc3ccc(S(=O)(=O)N4CCCCCC4)cc3[N+](=O)[O-])cc2o1. The van der Waals surface area contributed by atoms with Crippen LogP contribution in [-0.4, -0.2) is 30.7 Å². The van der Waals surface area contributed by atoms with Crippen molar-refractivity contribution < 1.29 is 22.5 Å². The first kappa shape index (κ1) is 21.0. The second kappa shape index (κ2) is 8.48. The van der Waals surface area contributed by atoms with E-state index in [2.05, 4.69) is 0 Å². The molecular weight excluding hydrogens is 424 g/mol. The van der Waals surface area contributed by atoms with Crippen LogP contribution in [0.2, 0.25) is 0 Å². The predicted octanol–water partition coefficient (Wildman–Crippen LogP) is 4.06. The molecule has 1 aliphatic heterocycles. The summed E-state index contributed by atoms with van der Waals surface area (Å²) in [5, 5.41) is 12.3. The third-order valence-electron chi connectivity index (χ3n) is 5.15. The first-order chi connectivity index (χ1) is 14.8. The van der Waals surface area contributed by atoms with E-state index in [1.165, 1.54) is 28.6 Å². The normalized spacial score (nSPS) is 15.5. The molecule has 0 radical (unpaired) electrons. The Balaban J connectivity index is 1.68. The summed E-state index contributed by atoms with van der Waals surface area (Å²) in [5.74, 6) is 0.102. The largest absolute Gasteiger partial charge is 0.450 e. The van der Waals surface area contributed by atoms with Gasteiger partial charge in [-0.25, -0.2) is 13.2 Å². The summed E-state index contributed by atoms with van der Waals surface area (Å²) in [5.41, 5.74) is -0.725. The number of nitro groups is 1. The molecule has 0 amide bonds. The van der Waals surface area contributed by atoms with E-state index in [0.29, 0.717) is 18.5 Å². The van der Waals surface area contributed by atoms with E-state index in [-0.39, 0.29) is 22.0 Å². The molecule has 4 rings (SSSR count). The predicted molar refractivity (Wildman–Crippen MR) is 113 cm³/mol. The molecule has 0 unspecified atom stereocenters. The highest BCUT2D eigenvalue weighted by molar-refractivity contribution is 7.89. The number of fused-ring (bicyclic) bond motifs is 1. The number of benzene rings is 2. The zero-order valence-corrected chi connectivity index (χ0v) is 17.3. The number of hydrogen-bond donors (Lipinski definition) is 0. The lowest BCUT2D eigenvalue weighted by molar-refractivity contribution is -0.385. The quantitative estimate of drug-likeness (QED) is 0.331. The minimum absolute atomic E-state index is 0.113. The van der Waals surface area contributed by atoms with Gasteiger partial charge in [-0.15, -0.1) is 0 Å². The molecule has 2 aromatic carbocycles. The van der Waals surface area contributed by atoms with Crippen LogP contribution in [0.15, 0.2) is 62.6 Å². The lowest BCUT2D eigenvalue weighted by Gasteiger charge is -2.20. The molecule has 0 atom stereocenters. The van der Waals surface area contributed by atoms with Gasteiger partial charge in [0, 0.05) is 36.7 Å². The van der Waals surface area contributed by atoms with Crippen molar-refractivity contribution in [1.29, 1.82) is 0 Å². The Morgan fingerprint density at radius 2 is 1.68 bits per heavy atom. The van der Waals surface area contributed by atoms with E-state index >= 15 is 0 Å². The summed E-state index contributed by atoms with van der Waals surface area (Å²) >= 11 is 0. The summed E-state index contributed by atoms with van der Waals surface area (Å²) in [6, 6.07) is 11.2. The Bertz CT molecular complexity index is 1290. The summed E-state index contributed by atoms with van der Waals surface area (Å²) in [6.45, 7) is 0.799. The van der Waals surface area contributed by atoms with Crippen LogP contribution in [0.25, 0.3) is 11.0 Å². The smallest absolute Gasteiger partial charge is 0.336 e. The maximum absolute atomic E-state index is 13.0. The topological polar surface area (TPSA) is 120 Å².